The van der Waals surface area contributed by atoms with Gasteiger partial charge in [0, 0.05) is 38.3 Å². The molecule has 1 saturated heterocycles. The lowest BCUT2D eigenvalue weighted by Crippen LogP contribution is -2.44. The number of benzene rings is 1. The Balaban J connectivity index is 1.53. The van der Waals surface area contributed by atoms with Crippen LogP contribution in [0.1, 0.15) is 11.1 Å². The Morgan fingerprint density at radius 2 is 1.95 bits per heavy atom. The summed E-state index contributed by atoms with van der Waals surface area (Å²) >= 11 is 0. The monoisotopic (exact) mass is 259 g/mol. The van der Waals surface area contributed by atoms with Gasteiger partial charge < -0.3 is 15.0 Å². The van der Waals surface area contributed by atoms with Crippen LogP contribution in [0.5, 0.6) is 0 Å². The highest BCUT2D eigenvalue weighted by molar-refractivity contribution is 5.94. The number of aliphatic imine (C=N–C) groups is 1. The molecule has 2 aliphatic heterocycles. The Hall–Kier alpha value is -1.39. The van der Waals surface area contributed by atoms with Crippen LogP contribution < -0.4 is 5.32 Å². The van der Waals surface area contributed by atoms with Crippen LogP contribution in [0.4, 0.5) is 0 Å². The summed E-state index contributed by atoms with van der Waals surface area (Å²) in [5.74, 6) is 0.800. The fourth-order valence-corrected chi connectivity index (χ4v) is 2.55. The van der Waals surface area contributed by atoms with Gasteiger partial charge in [0.05, 0.1) is 6.54 Å². The Labute approximate surface area is 114 Å². The smallest absolute Gasteiger partial charge is 0.216 e. The van der Waals surface area contributed by atoms with Crippen molar-refractivity contribution in [3.8, 4) is 0 Å². The van der Waals surface area contributed by atoms with Crippen molar-refractivity contribution in [3.63, 3.8) is 0 Å². The molecule has 0 unspecified atom stereocenters. The largest absolute Gasteiger partial charge is 0.476 e. The topological polar surface area (TPSA) is 36.9 Å². The molecule has 0 bridgehead atoms. The van der Waals surface area contributed by atoms with E-state index in [9.17, 15) is 0 Å². The lowest BCUT2D eigenvalue weighted by molar-refractivity contribution is 0.244. The highest BCUT2D eigenvalue weighted by atomic mass is 16.5. The average molecular weight is 259 g/mol. The SMILES string of the molecule is c1cc(C2=NCCO2)ccc1CCN1CCNCC1. The van der Waals surface area contributed by atoms with Gasteiger partial charge in [-0.05, 0) is 24.1 Å². The van der Waals surface area contributed by atoms with Gasteiger partial charge in [0.25, 0.3) is 0 Å². The molecule has 1 aromatic carbocycles. The minimum absolute atomic E-state index is 0.722. The van der Waals surface area contributed by atoms with Crippen LogP contribution in [-0.4, -0.2) is 56.7 Å². The Morgan fingerprint density at radius 1 is 1.16 bits per heavy atom. The molecule has 0 radical (unpaired) electrons. The van der Waals surface area contributed by atoms with Gasteiger partial charge in [-0.15, -0.1) is 0 Å². The molecule has 0 atom stereocenters. The molecule has 0 amide bonds. The van der Waals surface area contributed by atoms with E-state index in [2.05, 4.69) is 39.5 Å². The van der Waals surface area contributed by atoms with Crippen LogP contribution in [0.15, 0.2) is 29.3 Å². The zero-order chi connectivity index (χ0) is 12.9. The number of nitrogens with zero attached hydrogens (tertiary/aromatic N) is 2. The summed E-state index contributed by atoms with van der Waals surface area (Å²) in [5, 5.41) is 3.38. The van der Waals surface area contributed by atoms with E-state index >= 15 is 0 Å². The van der Waals surface area contributed by atoms with Gasteiger partial charge in [0.15, 0.2) is 0 Å². The van der Waals surface area contributed by atoms with E-state index in [0.717, 1.165) is 50.7 Å². The molecule has 1 aromatic rings. The van der Waals surface area contributed by atoms with Crippen molar-refractivity contribution < 1.29 is 4.74 Å². The molecule has 19 heavy (non-hydrogen) atoms. The molecule has 1 N–H and O–H groups in total. The summed E-state index contributed by atoms with van der Waals surface area (Å²) in [4.78, 5) is 6.86. The van der Waals surface area contributed by atoms with E-state index in [4.69, 9.17) is 4.74 Å². The van der Waals surface area contributed by atoms with Crippen LogP contribution in [0.25, 0.3) is 0 Å². The fraction of sp³-hybridized carbons (Fsp3) is 0.533. The first-order chi connectivity index (χ1) is 9.42. The van der Waals surface area contributed by atoms with E-state index in [-0.39, 0.29) is 0 Å². The van der Waals surface area contributed by atoms with E-state index in [1.807, 2.05) is 0 Å². The number of hydrogen-bond donors (Lipinski definition) is 1. The Morgan fingerprint density at radius 3 is 2.63 bits per heavy atom. The highest BCUT2D eigenvalue weighted by Gasteiger charge is 2.11. The molecular formula is C15H21N3O. The van der Waals surface area contributed by atoms with Crippen molar-refractivity contribution in [3.05, 3.63) is 35.4 Å². The lowest BCUT2D eigenvalue weighted by atomic mass is 10.1. The zero-order valence-electron chi connectivity index (χ0n) is 11.3. The minimum Gasteiger partial charge on any atom is -0.476 e. The predicted molar refractivity (Wildman–Crippen MR) is 76.8 cm³/mol. The van der Waals surface area contributed by atoms with E-state index in [1.165, 1.54) is 18.7 Å². The van der Waals surface area contributed by atoms with Gasteiger partial charge in [-0.3, -0.25) is 0 Å². The maximum atomic E-state index is 5.47. The standard InChI is InChI=1S/C15H21N3O/c1-3-14(15-17-8-12-19-15)4-2-13(1)5-9-18-10-6-16-7-11-18/h1-4,16H,5-12H2. The molecule has 2 aliphatic rings. The minimum atomic E-state index is 0.722. The molecule has 0 saturated carbocycles. The summed E-state index contributed by atoms with van der Waals surface area (Å²) in [6, 6.07) is 8.64. The second-order valence-electron chi connectivity index (χ2n) is 5.07. The summed E-state index contributed by atoms with van der Waals surface area (Å²) < 4.78 is 5.47. The number of piperazine rings is 1. The molecule has 1 fully saturated rings. The third-order valence-corrected chi connectivity index (χ3v) is 3.71. The van der Waals surface area contributed by atoms with Crippen LogP contribution >= 0.6 is 0 Å². The predicted octanol–water partition coefficient (Wildman–Crippen LogP) is 0.911. The molecular weight excluding hydrogens is 238 g/mol. The summed E-state index contributed by atoms with van der Waals surface area (Å²) in [6.07, 6.45) is 1.12. The van der Waals surface area contributed by atoms with Crippen LogP contribution in [-0.2, 0) is 11.2 Å². The molecule has 0 aliphatic carbocycles. The molecule has 2 heterocycles. The van der Waals surface area contributed by atoms with Crippen LogP contribution in [0, 0.1) is 0 Å². The number of ether oxygens (including phenoxy) is 1. The normalized spacial score (nSPS) is 20.1. The molecule has 4 nitrogen and oxygen atoms in total. The molecule has 0 aromatic heterocycles. The van der Waals surface area contributed by atoms with Gasteiger partial charge in [0.1, 0.15) is 6.61 Å². The maximum absolute atomic E-state index is 5.47. The van der Waals surface area contributed by atoms with Crippen LogP contribution in [0.2, 0.25) is 0 Å². The summed E-state index contributed by atoms with van der Waals surface area (Å²) in [7, 11) is 0. The molecule has 3 rings (SSSR count). The Bertz CT molecular complexity index is 435. The van der Waals surface area contributed by atoms with Crippen molar-refractivity contribution in [1.29, 1.82) is 0 Å². The second kappa shape index (κ2) is 6.17. The molecule has 102 valence electrons. The van der Waals surface area contributed by atoms with E-state index in [0.29, 0.717) is 0 Å². The van der Waals surface area contributed by atoms with Gasteiger partial charge in [-0.25, -0.2) is 4.99 Å². The quantitative estimate of drug-likeness (QED) is 0.873. The highest BCUT2D eigenvalue weighted by Crippen LogP contribution is 2.10. The first-order valence-corrected chi connectivity index (χ1v) is 7.11. The molecule has 0 spiro atoms. The number of rotatable bonds is 4. The fourth-order valence-electron chi connectivity index (χ4n) is 2.55. The van der Waals surface area contributed by atoms with Crippen LogP contribution in [0.3, 0.4) is 0 Å². The number of hydrogen-bond acceptors (Lipinski definition) is 4. The summed E-state index contributed by atoms with van der Waals surface area (Å²) in [5.41, 5.74) is 2.49. The average Bonchev–Trinajstić information content (AvgIpc) is 3.01. The second-order valence-corrected chi connectivity index (χ2v) is 5.07. The van der Waals surface area contributed by atoms with Crippen molar-refractivity contribution in [2.75, 3.05) is 45.9 Å². The van der Waals surface area contributed by atoms with Crippen molar-refractivity contribution in [1.82, 2.24) is 10.2 Å². The Kier molecular flexibility index (Phi) is 4.10. The van der Waals surface area contributed by atoms with Crippen molar-refractivity contribution >= 4 is 5.90 Å². The molecule has 4 heteroatoms. The first-order valence-electron chi connectivity index (χ1n) is 7.11. The van der Waals surface area contributed by atoms with E-state index < -0.39 is 0 Å². The van der Waals surface area contributed by atoms with Gasteiger partial charge >= 0.3 is 0 Å². The van der Waals surface area contributed by atoms with Gasteiger partial charge in [0.2, 0.25) is 5.90 Å². The third-order valence-electron chi connectivity index (χ3n) is 3.71. The van der Waals surface area contributed by atoms with Gasteiger partial charge in [-0.1, -0.05) is 12.1 Å². The van der Waals surface area contributed by atoms with Crippen molar-refractivity contribution in [2.24, 2.45) is 4.99 Å². The lowest BCUT2D eigenvalue weighted by Gasteiger charge is -2.27. The first kappa shape index (κ1) is 12.6. The van der Waals surface area contributed by atoms with Crippen molar-refractivity contribution in [2.45, 2.75) is 6.42 Å². The van der Waals surface area contributed by atoms with E-state index in [1.54, 1.807) is 0 Å². The maximum Gasteiger partial charge on any atom is 0.216 e. The zero-order valence-corrected chi connectivity index (χ0v) is 11.3. The van der Waals surface area contributed by atoms with Gasteiger partial charge in [-0.2, -0.15) is 0 Å². The number of nitrogens with one attached hydrogen (secondary N) is 1. The summed E-state index contributed by atoms with van der Waals surface area (Å²) in [6.45, 7) is 7.25. The third kappa shape index (κ3) is 3.33.